The van der Waals surface area contributed by atoms with Crippen LogP contribution in [0, 0.1) is 0 Å². The number of nitrogens with two attached hydrogens (primary N) is 5. The summed E-state index contributed by atoms with van der Waals surface area (Å²) in [5.41, 5.74) is 35.9. The fraction of sp³-hybridized carbons (Fsp3) is 0.373. The lowest BCUT2D eigenvalue weighted by Crippen LogP contribution is -2.25. The zero-order valence-corrected chi connectivity index (χ0v) is 68.3. The summed E-state index contributed by atoms with van der Waals surface area (Å²) in [6.07, 6.45) is 5.71. The van der Waals surface area contributed by atoms with Gasteiger partial charge in [0.2, 0.25) is 107 Å². The van der Waals surface area contributed by atoms with Crippen LogP contribution in [0.15, 0.2) is 101 Å². The first-order valence-corrected chi connectivity index (χ1v) is 39.7. The minimum Gasteiger partial charge on any atom is -0.368 e. The lowest BCUT2D eigenvalue weighted by molar-refractivity contribution is 0.826. The summed E-state index contributed by atoms with van der Waals surface area (Å²) in [5.74, 6) is 8.30. The highest BCUT2D eigenvalue weighted by Crippen LogP contribution is 2.20. The molecule has 0 spiro atoms. The van der Waals surface area contributed by atoms with Gasteiger partial charge in [0.05, 0.1) is 0 Å². The SMILES string of the molecule is CN(C)c1nc(N)nc(N(C)CCc2ccsc2)n1.CN(C)c1nc(NCCc2ccsc2)nc(N(C)C)n1.CN(CCc1ccsc1)c1nc(N)nc(N)n1.CNc1nc(N)nc(N(C)CCc2ccsc2)n1.CNc1nc(N)nc(NCCc2ccsc2)n1.CNc1nc(NC)nc(NCCc2ccsc2)n1. The van der Waals surface area contributed by atoms with E-state index in [1.165, 1.54) is 33.4 Å². The van der Waals surface area contributed by atoms with Crippen LogP contribution in [0.3, 0.4) is 0 Å². The van der Waals surface area contributed by atoms with Crippen molar-refractivity contribution in [3.8, 4) is 0 Å². The zero-order valence-electron chi connectivity index (χ0n) is 63.4. The van der Waals surface area contributed by atoms with Crippen molar-refractivity contribution in [2.24, 2.45) is 0 Å². The number of likely N-dealkylation sites (N-methyl/N-ethyl adjacent to an activating group) is 3. The van der Waals surface area contributed by atoms with Crippen LogP contribution in [0.4, 0.5) is 107 Å². The van der Waals surface area contributed by atoms with Crippen LogP contribution >= 0.6 is 68.0 Å². The molecule has 36 nitrogen and oxygen atoms in total. The van der Waals surface area contributed by atoms with E-state index in [-0.39, 0.29) is 29.7 Å². The number of hydrogen-bond acceptors (Lipinski definition) is 42. The first-order valence-electron chi connectivity index (χ1n) is 34.0. The molecule has 12 rings (SSSR count). The normalized spacial score (nSPS) is 10.3. The van der Waals surface area contributed by atoms with Crippen molar-refractivity contribution in [1.29, 1.82) is 0 Å². The maximum Gasteiger partial charge on any atom is 0.231 e. The second-order valence-corrected chi connectivity index (χ2v) is 28.6. The quantitative estimate of drug-likeness (QED) is 0.0196. The lowest BCUT2D eigenvalue weighted by atomic mass is 10.2. The summed E-state index contributed by atoms with van der Waals surface area (Å²) in [6.45, 7) is 4.85. The van der Waals surface area contributed by atoms with Crippen LogP contribution in [0.2, 0.25) is 0 Å². The Bertz CT molecular complexity index is 4390. The third kappa shape index (κ3) is 30.8. The van der Waals surface area contributed by atoms with E-state index in [1.807, 2.05) is 92.8 Å². The Balaban J connectivity index is 0.000000182. The molecule has 12 aromatic rings. The van der Waals surface area contributed by atoms with E-state index in [4.69, 9.17) is 28.7 Å². The van der Waals surface area contributed by atoms with Crippen molar-refractivity contribution in [1.82, 2.24) is 89.7 Å². The molecule has 0 saturated heterocycles. The number of nitrogen functional groups attached to an aromatic ring is 5. The molecule has 0 unspecified atom stereocenters. The van der Waals surface area contributed by atoms with E-state index in [0.29, 0.717) is 77.3 Å². The van der Waals surface area contributed by atoms with Crippen molar-refractivity contribution in [2.45, 2.75) is 38.5 Å². The Morgan fingerprint density at radius 1 is 0.257 bits per heavy atom. The number of rotatable bonds is 31. The lowest BCUT2D eigenvalue weighted by Gasteiger charge is -2.18. The van der Waals surface area contributed by atoms with E-state index in [0.717, 1.165) is 77.8 Å². The topological polar surface area (TPSA) is 466 Å². The number of thiophene rings is 6. The molecule has 0 amide bonds. The minimum absolute atomic E-state index is 0.148. The van der Waals surface area contributed by atoms with Crippen molar-refractivity contribution in [3.05, 3.63) is 134 Å². The number of aromatic nitrogens is 18. The molecule has 0 aliphatic heterocycles. The Kier molecular flexibility index (Phi) is 35.3. The molecule has 0 aliphatic rings. The molecule has 0 fully saturated rings. The highest BCUT2D eigenvalue weighted by Gasteiger charge is 2.15. The van der Waals surface area contributed by atoms with E-state index < -0.39 is 0 Å². The van der Waals surface area contributed by atoms with Crippen molar-refractivity contribution in [2.75, 3.05) is 226 Å². The van der Waals surface area contributed by atoms with Gasteiger partial charge in [-0.1, -0.05) is 0 Å². The van der Waals surface area contributed by atoms with Gasteiger partial charge >= 0.3 is 0 Å². The molecule has 0 atom stereocenters. The molecule has 42 heteroatoms. The van der Waals surface area contributed by atoms with Gasteiger partial charge in [-0.05, 0) is 173 Å². The van der Waals surface area contributed by atoms with E-state index in [2.05, 4.69) is 228 Å². The number of nitrogens with one attached hydrogen (secondary N) is 7. The van der Waals surface area contributed by atoms with Crippen LogP contribution in [-0.2, 0) is 38.5 Å². The molecule has 582 valence electrons. The number of anilines is 18. The van der Waals surface area contributed by atoms with Crippen LogP contribution in [0.5, 0.6) is 0 Å². The van der Waals surface area contributed by atoms with Gasteiger partial charge in [0.1, 0.15) is 0 Å². The monoisotopic (exact) mass is 1600 g/mol. The van der Waals surface area contributed by atoms with Gasteiger partial charge in [0.15, 0.2) is 0 Å². The molecule has 0 radical (unpaired) electrons. The summed E-state index contributed by atoms with van der Waals surface area (Å²) in [4.78, 5) is 86.1. The van der Waals surface area contributed by atoms with Crippen LogP contribution < -0.4 is 95.3 Å². The molecule has 0 saturated carbocycles. The Morgan fingerprint density at radius 2 is 0.477 bits per heavy atom. The molecule has 17 N–H and O–H groups in total. The molecule has 0 aliphatic carbocycles. The van der Waals surface area contributed by atoms with E-state index >= 15 is 0 Å². The Morgan fingerprint density at radius 3 is 0.807 bits per heavy atom. The van der Waals surface area contributed by atoms with Gasteiger partial charge in [-0.25, -0.2) is 0 Å². The summed E-state index contributed by atoms with van der Waals surface area (Å²) >= 11 is 10.2. The standard InChI is InChI=1S/C13H20N6S.C12H18N6S.2C11H16N6S.2C10H14N6S/c1-18(2)12-15-11(16-13(17-12)19(3)4)14-7-5-10-6-8-20-9-10;1-17(2)11-14-10(13)15-12(16-11)18(3)6-4-9-5-7-19-8-9;1-13-10-14-9(12)15-11(16-10)17(2)5-3-8-4-6-18-7-8;1-12-9-15-10(13-2)17-11(16-9)14-5-3-8-4-6-18-7-8;1-16(4-2-7-3-5-17-6-7)10-14-8(11)13-9(12)15-10;1-12-9-14-8(11)15-10(16-9)13-4-2-7-3-5-17-6-7/h6,8-9H,5,7H2,1-4H3,(H,14,15,16,17);5,7-8H,4,6H2,1-3H3,(H2,13,14,15,16);4,6-7H,3,5H2,1-2H3,(H3,12,13,14,15,16);4,6-7H,3,5H2,1-2H3,(H3,12,13,14,15,16,17);3,5-6H,2,4H2,1H3,(H4,11,12,13,14,15);3,5-6H,2,4H2,1H3,(H4,11,12,13,14,15,16). The second kappa shape index (κ2) is 45.3. The molecular weight excluding hydrogens is 1500 g/mol. The van der Waals surface area contributed by atoms with Crippen molar-refractivity contribution in [3.63, 3.8) is 0 Å². The molecule has 12 heterocycles. The first-order chi connectivity index (χ1) is 52.5. The van der Waals surface area contributed by atoms with Crippen LogP contribution in [0.25, 0.3) is 0 Å². The number of nitrogens with zero attached hydrogens (tertiary/aromatic N) is 24. The Labute approximate surface area is 659 Å². The molecule has 12 aromatic heterocycles. The summed E-state index contributed by atoms with van der Waals surface area (Å²) in [6, 6.07) is 12.7. The van der Waals surface area contributed by atoms with Gasteiger partial charge in [-0.3, -0.25) is 0 Å². The second-order valence-electron chi connectivity index (χ2n) is 23.9. The van der Waals surface area contributed by atoms with Crippen molar-refractivity contribution >= 4 is 175 Å². The highest BCUT2D eigenvalue weighted by atomic mass is 32.1. The third-order valence-corrected chi connectivity index (χ3v) is 19.1. The maximum atomic E-state index is 5.71. The van der Waals surface area contributed by atoms with Crippen LogP contribution in [-0.4, -0.2) is 221 Å². The van der Waals surface area contributed by atoms with Gasteiger partial charge in [0.25, 0.3) is 0 Å². The Hall–Kier alpha value is -11.3. The van der Waals surface area contributed by atoms with Crippen molar-refractivity contribution < 1.29 is 0 Å². The minimum atomic E-state index is 0.148. The first kappa shape index (κ1) is 84.9. The average Bonchev–Trinajstić information content (AvgIpc) is 1.64. The fourth-order valence-electron chi connectivity index (χ4n) is 8.82. The van der Waals surface area contributed by atoms with Gasteiger partial charge < -0.3 is 95.3 Å². The molecule has 109 heavy (non-hydrogen) atoms. The fourth-order valence-corrected chi connectivity index (χ4v) is 13.0. The molecule has 0 aromatic carbocycles. The number of hydrogen-bond donors (Lipinski definition) is 12. The maximum absolute atomic E-state index is 5.71. The predicted molar refractivity (Wildman–Crippen MR) is 456 cm³/mol. The smallest absolute Gasteiger partial charge is 0.231 e. The van der Waals surface area contributed by atoms with E-state index in [9.17, 15) is 0 Å². The summed E-state index contributed by atoms with van der Waals surface area (Å²) in [7, 11) is 24.3. The van der Waals surface area contributed by atoms with Gasteiger partial charge in [-0.15, -0.1) is 0 Å². The third-order valence-electron chi connectivity index (χ3n) is 14.7. The summed E-state index contributed by atoms with van der Waals surface area (Å²) < 4.78 is 0. The molecule has 0 bridgehead atoms. The van der Waals surface area contributed by atoms with E-state index in [1.54, 1.807) is 96.2 Å². The van der Waals surface area contributed by atoms with Gasteiger partial charge in [0, 0.05) is 131 Å². The average molecular weight is 1600 g/mol. The largest absolute Gasteiger partial charge is 0.368 e. The van der Waals surface area contributed by atoms with Gasteiger partial charge in [-0.2, -0.15) is 158 Å². The summed E-state index contributed by atoms with van der Waals surface area (Å²) in [5, 5.41) is 46.4. The highest BCUT2D eigenvalue weighted by molar-refractivity contribution is 7.09. The predicted octanol–water partition coefficient (Wildman–Crippen LogP) is 7.87. The zero-order chi connectivity index (χ0) is 78.5. The molecular formula is C67H98N36S6. The van der Waals surface area contributed by atoms with Crippen LogP contribution in [0.1, 0.15) is 33.4 Å².